The van der Waals surface area contributed by atoms with Crippen LogP contribution in [-0.4, -0.2) is 20.0 Å². The highest BCUT2D eigenvalue weighted by molar-refractivity contribution is 5.80. The zero-order valence-corrected chi connectivity index (χ0v) is 14.4. The molecule has 0 fully saturated rings. The van der Waals surface area contributed by atoms with Crippen molar-refractivity contribution in [1.29, 1.82) is 0 Å². The molecule has 0 aliphatic rings. The highest BCUT2D eigenvalue weighted by Crippen LogP contribution is 2.32. The van der Waals surface area contributed by atoms with Crippen LogP contribution in [0.2, 0.25) is 0 Å². The van der Waals surface area contributed by atoms with Crippen LogP contribution in [0, 0.1) is 6.92 Å². The van der Waals surface area contributed by atoms with Crippen LogP contribution in [-0.2, 0) is 6.54 Å². The van der Waals surface area contributed by atoms with E-state index in [4.69, 9.17) is 5.10 Å². The fourth-order valence-electron chi connectivity index (χ4n) is 3.04. The van der Waals surface area contributed by atoms with E-state index in [-0.39, 0.29) is 5.56 Å². The van der Waals surface area contributed by atoms with Crippen molar-refractivity contribution >= 4 is 0 Å². The van der Waals surface area contributed by atoms with Gasteiger partial charge in [-0.3, -0.25) is 9.48 Å². The summed E-state index contributed by atoms with van der Waals surface area (Å²) in [6, 6.07) is 23.5. The largest absolute Gasteiger partial charge is 0.268 e. The van der Waals surface area contributed by atoms with E-state index in [2.05, 4.69) is 22.3 Å². The maximum atomic E-state index is 11.4. The van der Waals surface area contributed by atoms with Crippen LogP contribution < -0.4 is 5.56 Å². The van der Waals surface area contributed by atoms with E-state index in [0.717, 1.165) is 22.5 Å². The Bertz CT molecular complexity index is 1060. The van der Waals surface area contributed by atoms with Crippen LogP contribution in [0.5, 0.6) is 0 Å². The highest BCUT2D eigenvalue weighted by Gasteiger charge is 2.19. The quantitative estimate of drug-likeness (QED) is 0.616. The van der Waals surface area contributed by atoms with Gasteiger partial charge in [-0.1, -0.05) is 60.7 Å². The second-order valence-corrected chi connectivity index (χ2v) is 6.12. The van der Waals surface area contributed by atoms with Gasteiger partial charge in [-0.25, -0.2) is 5.10 Å². The van der Waals surface area contributed by atoms with Gasteiger partial charge in [0.15, 0.2) is 0 Å². The molecule has 2 aromatic carbocycles. The second-order valence-electron chi connectivity index (χ2n) is 6.12. The van der Waals surface area contributed by atoms with Gasteiger partial charge in [0.2, 0.25) is 0 Å². The van der Waals surface area contributed by atoms with Crippen molar-refractivity contribution in [2.75, 3.05) is 0 Å². The predicted molar refractivity (Wildman–Crippen MR) is 102 cm³/mol. The maximum Gasteiger partial charge on any atom is 0.264 e. The van der Waals surface area contributed by atoms with Gasteiger partial charge < -0.3 is 0 Å². The van der Waals surface area contributed by atoms with Crippen LogP contribution in [0.25, 0.3) is 22.5 Å². The van der Waals surface area contributed by atoms with Crippen molar-refractivity contribution < 1.29 is 0 Å². The van der Waals surface area contributed by atoms with Crippen molar-refractivity contribution in [3.63, 3.8) is 0 Å². The summed E-state index contributed by atoms with van der Waals surface area (Å²) in [6.45, 7) is 2.71. The topological polar surface area (TPSA) is 63.6 Å². The SMILES string of the molecule is Cc1c(-c2ccc(=O)[nH]n2)c(-c2ccccc2)nn1Cc1ccccc1. The molecule has 0 amide bonds. The number of nitrogens with zero attached hydrogens (tertiary/aromatic N) is 3. The molecule has 4 rings (SSSR count). The summed E-state index contributed by atoms with van der Waals surface area (Å²) in [7, 11) is 0. The molecule has 0 bridgehead atoms. The first-order valence-corrected chi connectivity index (χ1v) is 8.45. The normalized spacial score (nSPS) is 10.8. The molecule has 0 atom stereocenters. The molecule has 5 heteroatoms. The standard InChI is InChI=1S/C21H18N4O/c1-15-20(18-12-13-19(26)23-22-18)21(17-10-6-3-7-11-17)24-25(15)14-16-8-4-2-5-9-16/h2-13H,14H2,1H3,(H,23,26). The first-order valence-electron chi connectivity index (χ1n) is 8.45. The highest BCUT2D eigenvalue weighted by atomic mass is 16.1. The first kappa shape index (κ1) is 16.0. The summed E-state index contributed by atoms with van der Waals surface area (Å²) < 4.78 is 1.99. The van der Waals surface area contributed by atoms with Gasteiger partial charge in [-0.2, -0.15) is 10.2 Å². The van der Waals surface area contributed by atoms with Crippen LogP contribution in [0.3, 0.4) is 0 Å². The van der Waals surface area contributed by atoms with Crippen molar-refractivity contribution in [3.8, 4) is 22.5 Å². The minimum Gasteiger partial charge on any atom is -0.268 e. The van der Waals surface area contributed by atoms with Gasteiger partial charge in [-0.15, -0.1) is 0 Å². The van der Waals surface area contributed by atoms with Crippen molar-refractivity contribution in [1.82, 2.24) is 20.0 Å². The van der Waals surface area contributed by atoms with E-state index >= 15 is 0 Å². The minimum atomic E-state index is -0.218. The third-order valence-corrected chi connectivity index (χ3v) is 4.36. The van der Waals surface area contributed by atoms with Crippen molar-refractivity contribution in [2.45, 2.75) is 13.5 Å². The minimum absolute atomic E-state index is 0.218. The average molecular weight is 342 g/mol. The number of aromatic amines is 1. The number of benzene rings is 2. The Morgan fingerprint density at radius 3 is 2.27 bits per heavy atom. The Morgan fingerprint density at radius 1 is 0.923 bits per heavy atom. The lowest BCUT2D eigenvalue weighted by Crippen LogP contribution is -2.06. The van der Waals surface area contributed by atoms with Crippen LogP contribution >= 0.6 is 0 Å². The van der Waals surface area contributed by atoms with Gasteiger partial charge in [0.25, 0.3) is 5.56 Å². The molecule has 128 valence electrons. The molecule has 2 heterocycles. The summed E-state index contributed by atoms with van der Waals surface area (Å²) in [4.78, 5) is 11.4. The molecule has 0 aliphatic heterocycles. The number of rotatable bonds is 4. The molecule has 0 radical (unpaired) electrons. The lowest BCUT2D eigenvalue weighted by molar-refractivity contribution is 0.667. The summed E-state index contributed by atoms with van der Waals surface area (Å²) in [5, 5.41) is 11.6. The van der Waals surface area contributed by atoms with Gasteiger partial charge >= 0.3 is 0 Å². The maximum absolute atomic E-state index is 11.4. The molecule has 0 saturated carbocycles. The predicted octanol–water partition coefficient (Wildman–Crippen LogP) is 3.66. The second kappa shape index (κ2) is 6.80. The molecule has 4 aromatic rings. The lowest BCUT2D eigenvalue weighted by Gasteiger charge is -2.05. The Kier molecular flexibility index (Phi) is 4.19. The molecule has 1 N–H and O–H groups in total. The first-order chi connectivity index (χ1) is 12.7. The smallest absolute Gasteiger partial charge is 0.264 e. The zero-order chi connectivity index (χ0) is 17.9. The molecule has 0 unspecified atom stereocenters. The third kappa shape index (κ3) is 3.07. The van der Waals surface area contributed by atoms with E-state index in [1.165, 1.54) is 11.6 Å². The van der Waals surface area contributed by atoms with Crippen LogP contribution in [0.1, 0.15) is 11.3 Å². The summed E-state index contributed by atoms with van der Waals surface area (Å²) in [5.74, 6) is 0. The number of hydrogen-bond acceptors (Lipinski definition) is 3. The Labute approximate surface area is 151 Å². The molecule has 0 saturated heterocycles. The molecular weight excluding hydrogens is 324 g/mol. The Morgan fingerprint density at radius 2 is 1.62 bits per heavy atom. The molecule has 0 aliphatic carbocycles. The van der Waals surface area contributed by atoms with Crippen molar-refractivity contribution in [2.24, 2.45) is 0 Å². The molecule has 0 spiro atoms. The van der Waals surface area contributed by atoms with Gasteiger partial charge in [0, 0.05) is 17.3 Å². The van der Waals surface area contributed by atoms with Crippen LogP contribution in [0.15, 0.2) is 77.6 Å². The number of nitrogens with one attached hydrogen (secondary N) is 1. The Balaban J connectivity index is 1.87. The van der Waals surface area contributed by atoms with E-state index in [9.17, 15) is 4.79 Å². The van der Waals surface area contributed by atoms with Crippen molar-refractivity contribution in [3.05, 3.63) is 94.4 Å². The fraction of sp³-hybridized carbons (Fsp3) is 0.0952. The number of H-pyrrole nitrogens is 1. The van der Waals surface area contributed by atoms with Gasteiger partial charge in [-0.05, 0) is 18.6 Å². The van der Waals surface area contributed by atoms with E-state index in [0.29, 0.717) is 12.2 Å². The summed E-state index contributed by atoms with van der Waals surface area (Å²) >= 11 is 0. The fourth-order valence-corrected chi connectivity index (χ4v) is 3.04. The average Bonchev–Trinajstić information content (AvgIpc) is 3.00. The van der Waals surface area contributed by atoms with Gasteiger partial charge in [0.05, 0.1) is 17.8 Å². The van der Waals surface area contributed by atoms with Gasteiger partial charge in [0.1, 0.15) is 5.69 Å². The summed E-state index contributed by atoms with van der Waals surface area (Å²) in [5.41, 5.74) is 5.49. The third-order valence-electron chi connectivity index (χ3n) is 4.36. The molecule has 5 nitrogen and oxygen atoms in total. The van der Waals surface area contributed by atoms with Crippen LogP contribution in [0.4, 0.5) is 0 Å². The lowest BCUT2D eigenvalue weighted by atomic mass is 10.0. The zero-order valence-electron chi connectivity index (χ0n) is 14.4. The van der Waals surface area contributed by atoms with E-state index in [1.54, 1.807) is 6.07 Å². The monoisotopic (exact) mass is 342 g/mol. The molecule has 26 heavy (non-hydrogen) atoms. The summed E-state index contributed by atoms with van der Waals surface area (Å²) in [6.07, 6.45) is 0. The molecule has 2 aromatic heterocycles. The number of aromatic nitrogens is 4. The Hall–Kier alpha value is -3.47. The molecular formula is C21H18N4O. The van der Waals surface area contributed by atoms with E-state index in [1.807, 2.05) is 60.1 Å². The van der Waals surface area contributed by atoms with E-state index < -0.39 is 0 Å². The number of hydrogen-bond donors (Lipinski definition) is 1.